The molecule has 0 saturated carbocycles. The van der Waals surface area contributed by atoms with Gasteiger partial charge in [-0.25, -0.2) is 8.78 Å². The summed E-state index contributed by atoms with van der Waals surface area (Å²) in [7, 11) is 0. The van der Waals surface area contributed by atoms with Gasteiger partial charge in [-0.1, -0.05) is 11.6 Å². The first kappa shape index (κ1) is 17.0. The van der Waals surface area contributed by atoms with Gasteiger partial charge in [-0.3, -0.25) is 0 Å². The van der Waals surface area contributed by atoms with E-state index >= 15 is 0 Å². The zero-order valence-electron chi connectivity index (χ0n) is 13.0. The molecule has 1 atom stereocenters. The fourth-order valence-corrected chi connectivity index (χ4v) is 2.84. The molecule has 0 bridgehead atoms. The Bertz CT molecular complexity index is 705. The number of piperidine rings is 1. The Balaban J connectivity index is 1.74. The first-order valence-electron chi connectivity index (χ1n) is 7.88. The normalized spacial score (nSPS) is 17.5. The van der Waals surface area contributed by atoms with Gasteiger partial charge in [-0.05, 0) is 49.7 Å². The minimum atomic E-state index is -0.465. The molecule has 0 unspecified atom stereocenters. The Morgan fingerprint density at radius 3 is 2.50 bits per heavy atom. The molecule has 2 aromatic carbocycles. The quantitative estimate of drug-likeness (QED) is 0.838. The lowest BCUT2D eigenvalue weighted by molar-refractivity contribution is 0.213. The van der Waals surface area contributed by atoms with E-state index in [1.165, 1.54) is 30.3 Å². The third kappa shape index (κ3) is 4.36. The number of benzene rings is 2. The van der Waals surface area contributed by atoms with Crippen LogP contribution in [0.1, 0.15) is 12.8 Å². The van der Waals surface area contributed by atoms with Crippen LogP contribution in [-0.4, -0.2) is 19.7 Å². The SMILES string of the molecule is Fc1ccc(Oc2cc(F)ccc2OC[C@H]2CCCNC2)c(Cl)c1. The molecule has 0 amide bonds. The van der Waals surface area contributed by atoms with Gasteiger partial charge < -0.3 is 14.8 Å². The van der Waals surface area contributed by atoms with Crippen LogP contribution in [0.25, 0.3) is 0 Å². The molecule has 1 fully saturated rings. The zero-order chi connectivity index (χ0) is 16.9. The molecule has 1 heterocycles. The summed E-state index contributed by atoms with van der Waals surface area (Å²) in [5.41, 5.74) is 0. The van der Waals surface area contributed by atoms with Gasteiger partial charge >= 0.3 is 0 Å². The molecular weight excluding hydrogens is 336 g/mol. The van der Waals surface area contributed by atoms with E-state index in [0.717, 1.165) is 32.0 Å². The average molecular weight is 354 g/mol. The van der Waals surface area contributed by atoms with Gasteiger partial charge in [0.05, 0.1) is 11.6 Å². The summed E-state index contributed by atoms with van der Waals surface area (Å²) >= 11 is 5.96. The number of halogens is 3. The summed E-state index contributed by atoms with van der Waals surface area (Å²) in [5.74, 6) is 0.385. The molecule has 0 aromatic heterocycles. The molecule has 1 saturated heterocycles. The maximum absolute atomic E-state index is 13.6. The van der Waals surface area contributed by atoms with E-state index in [-0.39, 0.29) is 16.5 Å². The summed E-state index contributed by atoms with van der Waals surface area (Å²) < 4.78 is 38.2. The van der Waals surface area contributed by atoms with Crippen molar-refractivity contribution in [2.45, 2.75) is 12.8 Å². The zero-order valence-corrected chi connectivity index (χ0v) is 13.8. The fraction of sp³-hybridized carbons (Fsp3) is 0.333. The van der Waals surface area contributed by atoms with Crippen molar-refractivity contribution in [2.75, 3.05) is 19.7 Å². The summed E-state index contributed by atoms with van der Waals surface area (Å²) in [4.78, 5) is 0. The molecular formula is C18H18ClF2NO2. The largest absolute Gasteiger partial charge is 0.489 e. The summed E-state index contributed by atoms with van der Waals surface area (Å²) in [6.45, 7) is 2.46. The highest BCUT2D eigenvalue weighted by molar-refractivity contribution is 6.32. The molecule has 3 nitrogen and oxygen atoms in total. The van der Waals surface area contributed by atoms with Crippen molar-refractivity contribution in [2.24, 2.45) is 5.92 Å². The predicted molar refractivity (Wildman–Crippen MR) is 89.0 cm³/mol. The molecule has 1 aliphatic rings. The van der Waals surface area contributed by atoms with E-state index in [1.807, 2.05) is 0 Å². The highest BCUT2D eigenvalue weighted by atomic mass is 35.5. The number of hydrogen-bond acceptors (Lipinski definition) is 3. The first-order valence-corrected chi connectivity index (χ1v) is 8.25. The number of hydrogen-bond donors (Lipinski definition) is 1. The smallest absolute Gasteiger partial charge is 0.172 e. The number of nitrogens with one attached hydrogen (secondary N) is 1. The van der Waals surface area contributed by atoms with Crippen LogP contribution >= 0.6 is 11.6 Å². The maximum Gasteiger partial charge on any atom is 0.172 e. The fourth-order valence-electron chi connectivity index (χ4n) is 2.63. The van der Waals surface area contributed by atoms with Gasteiger partial charge in [-0.2, -0.15) is 0 Å². The Morgan fingerprint density at radius 2 is 1.79 bits per heavy atom. The van der Waals surface area contributed by atoms with Crippen molar-refractivity contribution in [3.63, 3.8) is 0 Å². The molecule has 1 N–H and O–H groups in total. The van der Waals surface area contributed by atoms with Gasteiger partial charge in [0.25, 0.3) is 0 Å². The van der Waals surface area contributed by atoms with Crippen LogP contribution in [0.15, 0.2) is 36.4 Å². The third-order valence-electron chi connectivity index (χ3n) is 3.89. The van der Waals surface area contributed by atoms with E-state index < -0.39 is 11.6 Å². The van der Waals surface area contributed by atoms with Crippen molar-refractivity contribution in [1.82, 2.24) is 5.32 Å². The van der Waals surface area contributed by atoms with Crippen molar-refractivity contribution in [1.29, 1.82) is 0 Å². The van der Waals surface area contributed by atoms with Gasteiger partial charge in [0, 0.05) is 18.5 Å². The molecule has 0 radical (unpaired) electrons. The van der Waals surface area contributed by atoms with Gasteiger partial charge in [-0.15, -0.1) is 0 Å². The number of rotatable bonds is 5. The lowest BCUT2D eigenvalue weighted by Gasteiger charge is -2.23. The third-order valence-corrected chi connectivity index (χ3v) is 4.19. The van der Waals surface area contributed by atoms with E-state index in [4.69, 9.17) is 21.1 Å². The Kier molecular flexibility index (Phi) is 5.53. The molecule has 6 heteroatoms. The first-order chi connectivity index (χ1) is 11.6. The van der Waals surface area contributed by atoms with Crippen LogP contribution in [0.5, 0.6) is 17.2 Å². The lowest BCUT2D eigenvalue weighted by atomic mass is 10.0. The minimum absolute atomic E-state index is 0.113. The van der Waals surface area contributed by atoms with Gasteiger partial charge in [0.15, 0.2) is 11.5 Å². The Morgan fingerprint density at radius 1 is 1.04 bits per heavy atom. The molecule has 3 rings (SSSR count). The highest BCUT2D eigenvalue weighted by Crippen LogP contribution is 2.36. The summed E-state index contributed by atoms with van der Waals surface area (Å²) in [6.07, 6.45) is 2.21. The van der Waals surface area contributed by atoms with Crippen LogP contribution in [0.2, 0.25) is 5.02 Å². The van der Waals surface area contributed by atoms with E-state index in [2.05, 4.69) is 5.32 Å². The second-order valence-electron chi connectivity index (χ2n) is 5.79. The van der Waals surface area contributed by atoms with Crippen LogP contribution in [0.3, 0.4) is 0 Å². The Hall–Kier alpha value is -1.85. The Labute approximate surface area is 144 Å². The monoisotopic (exact) mass is 353 g/mol. The molecule has 0 spiro atoms. The van der Waals surface area contributed by atoms with Gasteiger partial charge in [0.2, 0.25) is 0 Å². The van der Waals surface area contributed by atoms with Crippen LogP contribution in [0.4, 0.5) is 8.78 Å². The van der Waals surface area contributed by atoms with E-state index in [9.17, 15) is 8.78 Å². The van der Waals surface area contributed by atoms with Crippen LogP contribution < -0.4 is 14.8 Å². The summed E-state index contributed by atoms with van der Waals surface area (Å²) in [6, 6.07) is 7.84. The van der Waals surface area contributed by atoms with Crippen molar-refractivity contribution in [3.8, 4) is 17.2 Å². The van der Waals surface area contributed by atoms with Crippen molar-refractivity contribution < 1.29 is 18.3 Å². The van der Waals surface area contributed by atoms with E-state index in [0.29, 0.717) is 18.3 Å². The average Bonchev–Trinajstić information content (AvgIpc) is 2.57. The minimum Gasteiger partial charge on any atom is -0.489 e. The topological polar surface area (TPSA) is 30.5 Å². The van der Waals surface area contributed by atoms with E-state index in [1.54, 1.807) is 0 Å². The molecule has 24 heavy (non-hydrogen) atoms. The molecule has 0 aliphatic carbocycles. The second-order valence-corrected chi connectivity index (χ2v) is 6.20. The molecule has 1 aliphatic heterocycles. The second kappa shape index (κ2) is 7.81. The number of ether oxygens (including phenoxy) is 2. The lowest BCUT2D eigenvalue weighted by Crippen LogP contribution is -2.33. The van der Waals surface area contributed by atoms with Crippen molar-refractivity contribution in [3.05, 3.63) is 53.1 Å². The molecule has 128 valence electrons. The molecule has 2 aromatic rings. The highest BCUT2D eigenvalue weighted by Gasteiger charge is 2.16. The maximum atomic E-state index is 13.6. The van der Waals surface area contributed by atoms with Crippen molar-refractivity contribution >= 4 is 11.6 Å². The summed E-state index contributed by atoms with van der Waals surface area (Å²) in [5, 5.41) is 3.44. The predicted octanol–water partition coefficient (Wildman–Crippen LogP) is 4.79. The van der Waals surface area contributed by atoms with Gasteiger partial charge in [0.1, 0.15) is 17.4 Å². The standard InChI is InChI=1S/C18H18ClF2NO2/c19-15-8-13(20)3-5-16(15)24-18-9-14(21)4-6-17(18)23-11-12-2-1-7-22-10-12/h3-6,8-9,12,22H,1-2,7,10-11H2/t12-/m0/s1. The van der Waals surface area contributed by atoms with Crippen LogP contribution in [-0.2, 0) is 0 Å². The van der Waals surface area contributed by atoms with Crippen LogP contribution in [0, 0.1) is 17.6 Å².